The fourth-order valence-corrected chi connectivity index (χ4v) is 3.24. The first-order valence-electron chi connectivity index (χ1n) is 9.74. The Bertz CT molecular complexity index is 919. The van der Waals surface area contributed by atoms with Crippen molar-refractivity contribution in [2.24, 2.45) is 15.9 Å². The molecule has 0 aliphatic heterocycles. The summed E-state index contributed by atoms with van der Waals surface area (Å²) >= 11 is 1.54. The van der Waals surface area contributed by atoms with Gasteiger partial charge in [-0.25, -0.2) is 9.98 Å². The van der Waals surface area contributed by atoms with Crippen LogP contribution in [0.2, 0.25) is 0 Å². The highest BCUT2D eigenvalue weighted by molar-refractivity contribution is 7.09. The Morgan fingerprint density at radius 1 is 1.27 bits per heavy atom. The van der Waals surface area contributed by atoms with Crippen molar-refractivity contribution in [3.63, 3.8) is 0 Å². The van der Waals surface area contributed by atoms with Gasteiger partial charge in [0.2, 0.25) is 0 Å². The molecule has 0 radical (unpaired) electrons. The molecule has 1 heterocycles. The van der Waals surface area contributed by atoms with Crippen LogP contribution in [0.1, 0.15) is 35.1 Å². The molecule has 10 heteroatoms. The molecule has 1 aromatic carbocycles. The molecule has 3 rings (SSSR count). The van der Waals surface area contributed by atoms with Gasteiger partial charge in [0.05, 0.1) is 11.4 Å². The number of benzene rings is 1. The number of thiazole rings is 1. The second-order valence-corrected chi connectivity index (χ2v) is 7.70. The van der Waals surface area contributed by atoms with Gasteiger partial charge in [-0.05, 0) is 44.0 Å². The molecular weight excluding hydrogens is 402 g/mol. The standard InChI is InChI=1S/C20H25N7O2S/c1-2-23-19(28)13-3-5-14(6-4-13)25-16(11-22-12-17-24-9-10-30-17)18(27-21)20(29)26-15-7-8-15/h3-6,9-10,15,22H,2,7-8,11-12,21H2,1H3,(H,23,28)(H,26,29). The summed E-state index contributed by atoms with van der Waals surface area (Å²) in [5.74, 6) is 5.06. The lowest BCUT2D eigenvalue weighted by Gasteiger charge is -2.11. The second-order valence-electron chi connectivity index (χ2n) is 6.72. The van der Waals surface area contributed by atoms with Gasteiger partial charge in [-0.15, -0.1) is 11.3 Å². The zero-order chi connectivity index (χ0) is 21.3. The number of amides is 2. The van der Waals surface area contributed by atoms with Crippen LogP contribution in [-0.2, 0) is 11.3 Å². The maximum Gasteiger partial charge on any atom is 0.273 e. The number of aliphatic imine (C=N–C) groups is 1. The van der Waals surface area contributed by atoms with E-state index in [0.29, 0.717) is 30.1 Å². The van der Waals surface area contributed by atoms with Crippen LogP contribution in [0.4, 0.5) is 5.69 Å². The summed E-state index contributed by atoms with van der Waals surface area (Å²) in [6.07, 6.45) is 3.65. The zero-order valence-corrected chi connectivity index (χ0v) is 17.5. The number of hydrogen-bond acceptors (Lipinski definition) is 8. The number of hydrogen-bond donors (Lipinski definition) is 4. The van der Waals surface area contributed by atoms with E-state index in [4.69, 9.17) is 5.84 Å². The van der Waals surface area contributed by atoms with E-state index < -0.39 is 0 Å². The Hall–Kier alpha value is -3.11. The predicted octanol–water partition coefficient (Wildman–Crippen LogP) is 1.35. The largest absolute Gasteiger partial charge is 0.352 e. The number of hydrazone groups is 1. The number of nitrogens with two attached hydrogens (primary N) is 1. The van der Waals surface area contributed by atoms with Crippen molar-refractivity contribution in [3.8, 4) is 0 Å². The molecule has 1 aromatic heterocycles. The molecule has 1 aliphatic rings. The molecule has 0 bridgehead atoms. The van der Waals surface area contributed by atoms with Gasteiger partial charge in [-0.2, -0.15) is 5.10 Å². The number of carbonyl (C=O) groups excluding carboxylic acids is 2. The van der Waals surface area contributed by atoms with Crippen LogP contribution in [-0.4, -0.2) is 47.4 Å². The van der Waals surface area contributed by atoms with E-state index in [1.807, 2.05) is 12.3 Å². The van der Waals surface area contributed by atoms with E-state index in [2.05, 4.69) is 31.0 Å². The van der Waals surface area contributed by atoms with Crippen LogP contribution < -0.4 is 21.8 Å². The van der Waals surface area contributed by atoms with E-state index in [-0.39, 0.29) is 30.1 Å². The first-order valence-corrected chi connectivity index (χ1v) is 10.6. The molecule has 1 fully saturated rings. The van der Waals surface area contributed by atoms with Gasteiger partial charge < -0.3 is 21.8 Å². The quantitative estimate of drug-likeness (QED) is 0.258. The lowest BCUT2D eigenvalue weighted by molar-refractivity contribution is -0.114. The van der Waals surface area contributed by atoms with E-state index >= 15 is 0 Å². The van der Waals surface area contributed by atoms with Crippen molar-refractivity contribution < 1.29 is 9.59 Å². The first-order chi connectivity index (χ1) is 14.6. The smallest absolute Gasteiger partial charge is 0.273 e. The van der Waals surface area contributed by atoms with Gasteiger partial charge in [-0.3, -0.25) is 9.59 Å². The monoisotopic (exact) mass is 427 g/mol. The molecule has 5 N–H and O–H groups in total. The van der Waals surface area contributed by atoms with Gasteiger partial charge >= 0.3 is 0 Å². The molecule has 2 amide bonds. The Kier molecular flexibility index (Phi) is 7.63. The molecule has 0 spiro atoms. The van der Waals surface area contributed by atoms with Crippen LogP contribution in [0.5, 0.6) is 0 Å². The van der Waals surface area contributed by atoms with Crippen LogP contribution in [0, 0.1) is 0 Å². The Morgan fingerprint density at radius 3 is 2.63 bits per heavy atom. The summed E-state index contributed by atoms with van der Waals surface area (Å²) in [5, 5.41) is 15.4. The number of nitrogens with zero attached hydrogens (tertiary/aromatic N) is 3. The summed E-state index contributed by atoms with van der Waals surface area (Å²) < 4.78 is 0. The topological polar surface area (TPSA) is 134 Å². The van der Waals surface area contributed by atoms with E-state index in [9.17, 15) is 9.59 Å². The van der Waals surface area contributed by atoms with E-state index in [0.717, 1.165) is 17.8 Å². The molecule has 9 nitrogen and oxygen atoms in total. The van der Waals surface area contributed by atoms with Gasteiger partial charge in [-0.1, -0.05) is 0 Å². The molecule has 30 heavy (non-hydrogen) atoms. The van der Waals surface area contributed by atoms with Gasteiger partial charge in [0.1, 0.15) is 5.01 Å². The van der Waals surface area contributed by atoms with E-state index in [1.165, 1.54) is 11.3 Å². The van der Waals surface area contributed by atoms with Crippen LogP contribution in [0.25, 0.3) is 0 Å². The predicted molar refractivity (Wildman–Crippen MR) is 118 cm³/mol. The van der Waals surface area contributed by atoms with Gasteiger partial charge in [0, 0.05) is 42.8 Å². The van der Waals surface area contributed by atoms with Gasteiger partial charge in [0.15, 0.2) is 5.71 Å². The van der Waals surface area contributed by atoms with Crippen molar-refractivity contribution >= 4 is 40.3 Å². The highest BCUT2D eigenvalue weighted by atomic mass is 32.1. The summed E-state index contributed by atoms with van der Waals surface area (Å²) in [6.45, 7) is 3.24. The van der Waals surface area contributed by atoms with Crippen molar-refractivity contribution in [2.45, 2.75) is 32.4 Å². The zero-order valence-electron chi connectivity index (χ0n) is 16.7. The molecule has 2 aromatic rings. The van der Waals surface area contributed by atoms with Crippen molar-refractivity contribution in [1.82, 2.24) is 20.9 Å². The molecular formula is C20H25N7O2S. The summed E-state index contributed by atoms with van der Waals surface area (Å²) in [4.78, 5) is 33.3. The van der Waals surface area contributed by atoms with Gasteiger partial charge in [0.25, 0.3) is 11.8 Å². The lowest BCUT2D eigenvalue weighted by atomic mass is 10.1. The number of aromatic nitrogens is 1. The Labute approximate surface area is 178 Å². The van der Waals surface area contributed by atoms with Crippen LogP contribution in [0.3, 0.4) is 0 Å². The van der Waals surface area contributed by atoms with Crippen LogP contribution >= 0.6 is 11.3 Å². The first kappa shape index (κ1) is 21.6. The fourth-order valence-electron chi connectivity index (χ4n) is 2.66. The number of nitrogens with one attached hydrogen (secondary N) is 3. The highest BCUT2D eigenvalue weighted by Crippen LogP contribution is 2.19. The molecule has 1 saturated carbocycles. The normalized spacial score (nSPS) is 14.4. The lowest BCUT2D eigenvalue weighted by Crippen LogP contribution is -2.41. The molecule has 0 saturated heterocycles. The third-order valence-corrected chi connectivity index (χ3v) is 5.09. The summed E-state index contributed by atoms with van der Waals surface area (Å²) in [7, 11) is 0. The van der Waals surface area contributed by atoms with Crippen molar-refractivity contribution in [2.75, 3.05) is 13.1 Å². The van der Waals surface area contributed by atoms with E-state index in [1.54, 1.807) is 30.5 Å². The fraction of sp³-hybridized carbons (Fsp3) is 0.350. The maximum atomic E-state index is 12.6. The molecule has 158 valence electrons. The number of rotatable bonds is 10. The Balaban J connectivity index is 1.77. The average Bonchev–Trinajstić information content (AvgIpc) is 3.40. The SMILES string of the molecule is CCNC(=O)c1ccc(N=C(CNCc2nccs2)C(=NN)C(=O)NC2CC2)cc1. The van der Waals surface area contributed by atoms with Crippen molar-refractivity contribution in [3.05, 3.63) is 46.4 Å². The maximum absolute atomic E-state index is 12.6. The number of carbonyl (C=O) groups is 2. The second kappa shape index (κ2) is 10.6. The molecule has 1 aliphatic carbocycles. The molecule has 0 atom stereocenters. The third-order valence-electron chi connectivity index (χ3n) is 4.31. The Morgan fingerprint density at radius 2 is 2.03 bits per heavy atom. The average molecular weight is 428 g/mol. The van der Waals surface area contributed by atoms with Crippen molar-refractivity contribution in [1.29, 1.82) is 0 Å². The summed E-state index contributed by atoms with van der Waals surface area (Å²) in [6, 6.07) is 6.99. The minimum Gasteiger partial charge on any atom is -0.352 e. The minimum absolute atomic E-state index is 0.0846. The van der Waals surface area contributed by atoms with Crippen LogP contribution in [0.15, 0.2) is 45.9 Å². The summed E-state index contributed by atoms with van der Waals surface area (Å²) in [5.41, 5.74) is 1.63. The highest BCUT2D eigenvalue weighted by Gasteiger charge is 2.27. The molecule has 0 unspecified atom stereocenters. The minimum atomic E-state index is -0.339. The third kappa shape index (κ3) is 6.19.